The Morgan fingerprint density at radius 2 is 2.00 bits per heavy atom. The van der Waals surface area contributed by atoms with Crippen LogP contribution in [0, 0.1) is 0 Å². The second-order valence-electron chi connectivity index (χ2n) is 7.52. The van der Waals surface area contributed by atoms with Crippen molar-refractivity contribution in [3.05, 3.63) is 40.6 Å². The summed E-state index contributed by atoms with van der Waals surface area (Å²) >= 11 is 6.30. The van der Waals surface area contributed by atoms with Gasteiger partial charge in [0.05, 0.1) is 24.3 Å². The zero-order valence-electron chi connectivity index (χ0n) is 16.8. The highest BCUT2D eigenvalue weighted by Crippen LogP contribution is 2.38. The number of benzene rings is 1. The Labute approximate surface area is 170 Å². The van der Waals surface area contributed by atoms with Gasteiger partial charge in [0.1, 0.15) is 19.0 Å². The smallest absolute Gasteiger partial charge is 0.213 e. The van der Waals surface area contributed by atoms with Gasteiger partial charge in [0.25, 0.3) is 0 Å². The number of oxazole rings is 1. The lowest BCUT2D eigenvalue weighted by Gasteiger charge is -2.20. The van der Waals surface area contributed by atoms with Crippen LogP contribution < -0.4 is 20.1 Å². The molecule has 0 amide bonds. The summed E-state index contributed by atoms with van der Waals surface area (Å²) in [6.45, 7) is 11.0. The minimum Gasteiger partial charge on any atom is -0.486 e. The first-order valence-electron chi connectivity index (χ1n) is 9.42. The lowest BCUT2D eigenvalue weighted by Crippen LogP contribution is -2.36. The summed E-state index contributed by atoms with van der Waals surface area (Å²) in [6.07, 6.45) is 1.78. The molecular weight excluding hydrogens is 380 g/mol. The summed E-state index contributed by atoms with van der Waals surface area (Å²) in [5.41, 5.74) is 0.874. The Kier molecular flexibility index (Phi) is 6.34. The predicted octanol–water partition coefficient (Wildman–Crippen LogP) is 3.65. The minimum atomic E-state index is -0.0681. The van der Waals surface area contributed by atoms with Gasteiger partial charge in [-0.15, -0.1) is 0 Å². The fourth-order valence-corrected chi connectivity index (χ4v) is 2.95. The quantitative estimate of drug-likeness (QED) is 0.582. The third kappa shape index (κ3) is 5.10. The molecule has 0 unspecified atom stereocenters. The molecule has 3 rings (SSSR count). The molecule has 2 heterocycles. The standard InChI is InChI=1S/C20H27ClN4O3/c1-5-22-19(25-12-17-23-11-16(28-17)20(2,3)4)24-10-13-8-14(21)18-15(9-13)26-6-7-27-18/h8-9,11H,5-7,10,12H2,1-4H3,(H2,22,24,25). The molecule has 0 radical (unpaired) electrons. The van der Waals surface area contributed by atoms with Crippen LogP contribution in [-0.2, 0) is 18.5 Å². The lowest BCUT2D eigenvalue weighted by molar-refractivity contribution is 0.171. The number of hydrogen-bond donors (Lipinski definition) is 2. The number of ether oxygens (including phenoxy) is 2. The lowest BCUT2D eigenvalue weighted by atomic mass is 9.94. The van der Waals surface area contributed by atoms with E-state index in [4.69, 9.17) is 25.5 Å². The number of nitrogens with zero attached hydrogens (tertiary/aromatic N) is 2. The Hall–Kier alpha value is -2.41. The highest BCUT2D eigenvalue weighted by Gasteiger charge is 2.19. The summed E-state index contributed by atoms with van der Waals surface area (Å²) < 4.78 is 17.0. The third-order valence-corrected chi connectivity index (χ3v) is 4.40. The Bertz CT molecular complexity index is 842. The van der Waals surface area contributed by atoms with Crippen molar-refractivity contribution in [1.82, 2.24) is 15.6 Å². The number of nitrogens with one attached hydrogen (secondary N) is 2. The molecule has 0 aliphatic carbocycles. The highest BCUT2D eigenvalue weighted by molar-refractivity contribution is 6.32. The molecule has 1 aromatic heterocycles. The fourth-order valence-electron chi connectivity index (χ4n) is 2.67. The number of aromatic nitrogens is 1. The van der Waals surface area contributed by atoms with Gasteiger partial charge in [-0.1, -0.05) is 32.4 Å². The molecule has 0 atom stereocenters. The van der Waals surface area contributed by atoms with Crippen LogP contribution in [0.1, 0.15) is 44.9 Å². The molecule has 0 fully saturated rings. The summed E-state index contributed by atoms with van der Waals surface area (Å²) in [5.74, 6) is 3.42. The molecule has 2 N–H and O–H groups in total. The van der Waals surface area contributed by atoms with E-state index in [2.05, 4.69) is 41.4 Å². The maximum Gasteiger partial charge on any atom is 0.213 e. The molecular formula is C20H27ClN4O3. The van der Waals surface area contributed by atoms with Crippen molar-refractivity contribution >= 4 is 17.6 Å². The molecule has 0 saturated heterocycles. The average Bonchev–Trinajstić information content (AvgIpc) is 3.14. The molecule has 152 valence electrons. The van der Waals surface area contributed by atoms with E-state index >= 15 is 0 Å². The monoisotopic (exact) mass is 406 g/mol. The second kappa shape index (κ2) is 8.73. The topological polar surface area (TPSA) is 80.9 Å². The normalized spacial score (nSPS) is 14.1. The summed E-state index contributed by atoms with van der Waals surface area (Å²) in [7, 11) is 0. The molecule has 1 aromatic carbocycles. The van der Waals surface area contributed by atoms with Crippen LogP contribution in [0.5, 0.6) is 11.5 Å². The first kappa shape index (κ1) is 20.3. The van der Waals surface area contributed by atoms with Crippen LogP contribution in [0.2, 0.25) is 5.02 Å². The second-order valence-corrected chi connectivity index (χ2v) is 7.93. The maximum atomic E-state index is 6.30. The molecule has 0 saturated carbocycles. The van der Waals surface area contributed by atoms with Crippen molar-refractivity contribution in [2.45, 2.75) is 46.2 Å². The number of halogens is 1. The van der Waals surface area contributed by atoms with Crippen LogP contribution in [0.25, 0.3) is 0 Å². The molecule has 0 spiro atoms. The molecule has 8 heteroatoms. The van der Waals surface area contributed by atoms with Crippen molar-refractivity contribution in [2.75, 3.05) is 19.8 Å². The van der Waals surface area contributed by atoms with Gasteiger partial charge in [0.2, 0.25) is 5.89 Å². The zero-order valence-corrected chi connectivity index (χ0v) is 17.5. The SMILES string of the molecule is CCNC(=NCc1cc(Cl)c2c(c1)OCCO2)NCc1ncc(C(C)(C)C)o1. The largest absolute Gasteiger partial charge is 0.486 e. The molecule has 28 heavy (non-hydrogen) atoms. The third-order valence-electron chi connectivity index (χ3n) is 4.12. The summed E-state index contributed by atoms with van der Waals surface area (Å²) in [5, 5.41) is 7.00. The van der Waals surface area contributed by atoms with Gasteiger partial charge in [-0.05, 0) is 24.6 Å². The van der Waals surface area contributed by atoms with Crippen molar-refractivity contribution < 1.29 is 13.9 Å². The van der Waals surface area contributed by atoms with Crippen molar-refractivity contribution in [1.29, 1.82) is 0 Å². The number of hydrogen-bond acceptors (Lipinski definition) is 5. The average molecular weight is 407 g/mol. The van der Waals surface area contributed by atoms with E-state index in [0.29, 0.717) is 54.7 Å². The van der Waals surface area contributed by atoms with Crippen molar-refractivity contribution in [3.63, 3.8) is 0 Å². The van der Waals surface area contributed by atoms with E-state index in [0.717, 1.165) is 17.9 Å². The van der Waals surface area contributed by atoms with Crippen LogP contribution in [-0.4, -0.2) is 30.7 Å². The van der Waals surface area contributed by atoms with Crippen molar-refractivity contribution in [3.8, 4) is 11.5 Å². The van der Waals surface area contributed by atoms with Gasteiger partial charge in [-0.25, -0.2) is 9.98 Å². The molecule has 2 aromatic rings. The first-order valence-corrected chi connectivity index (χ1v) is 9.80. The summed E-state index contributed by atoms with van der Waals surface area (Å²) in [4.78, 5) is 8.95. The number of fused-ring (bicyclic) bond motifs is 1. The van der Waals surface area contributed by atoms with Gasteiger partial charge in [-0.2, -0.15) is 0 Å². The van der Waals surface area contributed by atoms with Crippen LogP contribution in [0.4, 0.5) is 0 Å². The van der Waals surface area contributed by atoms with E-state index < -0.39 is 0 Å². The molecule has 0 bridgehead atoms. The van der Waals surface area contributed by atoms with Gasteiger partial charge >= 0.3 is 0 Å². The molecule has 1 aliphatic heterocycles. The van der Waals surface area contributed by atoms with Crippen LogP contribution in [0.15, 0.2) is 27.7 Å². The van der Waals surface area contributed by atoms with E-state index in [1.54, 1.807) is 6.20 Å². The number of aliphatic imine (C=N–C) groups is 1. The first-order chi connectivity index (χ1) is 13.4. The van der Waals surface area contributed by atoms with Crippen LogP contribution in [0.3, 0.4) is 0 Å². The maximum absolute atomic E-state index is 6.30. The van der Waals surface area contributed by atoms with E-state index in [1.807, 2.05) is 19.1 Å². The Morgan fingerprint density at radius 1 is 1.21 bits per heavy atom. The molecule has 7 nitrogen and oxygen atoms in total. The summed E-state index contributed by atoms with van der Waals surface area (Å²) in [6, 6.07) is 3.77. The van der Waals surface area contributed by atoms with Gasteiger partial charge in [0.15, 0.2) is 17.5 Å². The Morgan fingerprint density at radius 3 is 2.71 bits per heavy atom. The van der Waals surface area contributed by atoms with Gasteiger partial charge in [0, 0.05) is 12.0 Å². The van der Waals surface area contributed by atoms with E-state index in [1.165, 1.54) is 0 Å². The number of guanidine groups is 1. The minimum absolute atomic E-state index is 0.0681. The zero-order chi connectivity index (χ0) is 20.1. The predicted molar refractivity (Wildman–Crippen MR) is 109 cm³/mol. The van der Waals surface area contributed by atoms with E-state index in [9.17, 15) is 0 Å². The van der Waals surface area contributed by atoms with Gasteiger partial charge < -0.3 is 24.5 Å². The highest BCUT2D eigenvalue weighted by atomic mass is 35.5. The molecule has 1 aliphatic rings. The van der Waals surface area contributed by atoms with Crippen molar-refractivity contribution in [2.24, 2.45) is 4.99 Å². The Balaban J connectivity index is 1.66. The van der Waals surface area contributed by atoms with Gasteiger partial charge in [-0.3, -0.25) is 0 Å². The number of rotatable bonds is 5. The van der Waals surface area contributed by atoms with E-state index in [-0.39, 0.29) is 5.41 Å². The fraction of sp³-hybridized carbons (Fsp3) is 0.500. The van der Waals surface area contributed by atoms with Crippen LogP contribution >= 0.6 is 11.6 Å².